The molecule has 0 radical (unpaired) electrons. The van der Waals surface area contributed by atoms with Crippen LogP contribution in [0.15, 0.2) is 11.6 Å². The maximum absolute atomic E-state index is 14.5. The van der Waals surface area contributed by atoms with E-state index >= 15 is 0 Å². The zero-order valence-electron chi connectivity index (χ0n) is 10.2. The molecule has 1 N–H and O–H groups in total. The molecule has 0 spiro atoms. The quantitative estimate of drug-likeness (QED) is 0.750. The second-order valence-corrected chi connectivity index (χ2v) is 6.37. The van der Waals surface area contributed by atoms with Crippen molar-refractivity contribution in [1.29, 1.82) is 0 Å². The van der Waals surface area contributed by atoms with Crippen molar-refractivity contribution in [3.63, 3.8) is 0 Å². The number of hydrogen-bond acceptors (Lipinski definition) is 1. The maximum atomic E-state index is 14.5. The first kappa shape index (κ1) is 11.2. The van der Waals surface area contributed by atoms with Crippen molar-refractivity contribution < 1.29 is 14.3 Å². The van der Waals surface area contributed by atoms with E-state index in [4.69, 9.17) is 5.11 Å². The van der Waals surface area contributed by atoms with Gasteiger partial charge in [0.2, 0.25) is 0 Å². The lowest BCUT2D eigenvalue weighted by atomic mass is 9.48. The van der Waals surface area contributed by atoms with Crippen molar-refractivity contribution in [1.82, 2.24) is 0 Å². The monoisotopic (exact) mass is 238 g/mol. The third-order valence-corrected chi connectivity index (χ3v) is 5.08. The molecular weight excluding hydrogens is 219 g/mol. The molecule has 0 saturated heterocycles. The number of halogens is 1. The van der Waals surface area contributed by atoms with Crippen LogP contribution >= 0.6 is 0 Å². The lowest BCUT2D eigenvalue weighted by Gasteiger charge is -2.57. The van der Waals surface area contributed by atoms with Gasteiger partial charge in [0.15, 0.2) is 0 Å². The number of carboxylic acids is 1. The minimum Gasteiger partial charge on any atom is -0.478 e. The van der Waals surface area contributed by atoms with Gasteiger partial charge in [-0.1, -0.05) is 6.08 Å². The number of carboxylic acid groups (broad SMARTS) is 1. The highest BCUT2D eigenvalue weighted by molar-refractivity contribution is 5.85. The Balaban J connectivity index is 1.95. The predicted molar refractivity (Wildman–Crippen MR) is 62.3 cm³/mol. The standard InChI is InChI=1S/C14H19FO2/c1-8(13(16)17)5-14-6-9-2-10(7-14)4-11(3-9)12(14)15/h5,9-12H,2-4,6-7H2,1H3,(H,16,17)/b8-5+. The molecule has 2 nitrogen and oxygen atoms in total. The Bertz CT molecular complexity index is 374. The molecule has 94 valence electrons. The van der Waals surface area contributed by atoms with Crippen LogP contribution in [0, 0.1) is 23.2 Å². The Morgan fingerprint density at radius 3 is 2.41 bits per heavy atom. The molecule has 3 heteroatoms. The van der Waals surface area contributed by atoms with E-state index in [0.29, 0.717) is 17.4 Å². The Labute approximate surface area is 101 Å². The molecule has 4 bridgehead atoms. The summed E-state index contributed by atoms with van der Waals surface area (Å²) in [5.74, 6) is 0.557. The van der Waals surface area contributed by atoms with Crippen molar-refractivity contribution >= 4 is 5.97 Å². The van der Waals surface area contributed by atoms with Gasteiger partial charge in [0, 0.05) is 11.0 Å². The lowest BCUT2D eigenvalue weighted by Crippen LogP contribution is -2.53. The molecule has 4 fully saturated rings. The fourth-order valence-electron chi connectivity index (χ4n) is 4.73. The Kier molecular flexibility index (Phi) is 2.36. The second-order valence-electron chi connectivity index (χ2n) is 6.37. The molecule has 0 amide bonds. The van der Waals surface area contributed by atoms with Gasteiger partial charge in [-0.2, -0.15) is 0 Å². The van der Waals surface area contributed by atoms with E-state index < -0.39 is 17.6 Å². The van der Waals surface area contributed by atoms with Gasteiger partial charge < -0.3 is 5.11 Å². The van der Waals surface area contributed by atoms with Crippen LogP contribution in [0.2, 0.25) is 0 Å². The Morgan fingerprint density at radius 1 is 1.29 bits per heavy atom. The van der Waals surface area contributed by atoms with Crippen molar-refractivity contribution in [2.24, 2.45) is 23.2 Å². The van der Waals surface area contributed by atoms with Crippen LogP contribution in [-0.2, 0) is 4.79 Å². The van der Waals surface area contributed by atoms with E-state index in [0.717, 1.165) is 25.7 Å². The first-order valence-corrected chi connectivity index (χ1v) is 6.57. The zero-order valence-corrected chi connectivity index (χ0v) is 10.2. The summed E-state index contributed by atoms with van der Waals surface area (Å²) in [6.07, 6.45) is 5.95. The molecule has 17 heavy (non-hydrogen) atoms. The molecule has 3 unspecified atom stereocenters. The summed E-state index contributed by atoms with van der Waals surface area (Å²) < 4.78 is 14.5. The molecular formula is C14H19FO2. The molecule has 3 atom stereocenters. The highest BCUT2D eigenvalue weighted by Crippen LogP contribution is 2.61. The minimum atomic E-state index is -0.909. The predicted octanol–water partition coefficient (Wildman–Crippen LogP) is 3.18. The molecule has 4 aliphatic carbocycles. The third kappa shape index (κ3) is 1.62. The van der Waals surface area contributed by atoms with E-state index in [-0.39, 0.29) is 5.92 Å². The first-order valence-electron chi connectivity index (χ1n) is 6.57. The number of carbonyl (C=O) groups is 1. The summed E-state index contributed by atoms with van der Waals surface area (Å²) in [6.45, 7) is 1.59. The van der Waals surface area contributed by atoms with E-state index in [9.17, 15) is 9.18 Å². The SMILES string of the molecule is C/C(=C\C12CC3CC(CC(C3)C1F)C2)C(=O)O. The fraction of sp³-hybridized carbons (Fsp3) is 0.786. The molecule has 0 aliphatic heterocycles. The number of allylic oxidation sites excluding steroid dienone is 1. The van der Waals surface area contributed by atoms with Gasteiger partial charge in [0.1, 0.15) is 6.17 Å². The summed E-state index contributed by atoms with van der Waals surface area (Å²) in [7, 11) is 0. The van der Waals surface area contributed by atoms with Gasteiger partial charge in [0.25, 0.3) is 0 Å². The second kappa shape index (κ2) is 3.56. The molecule has 0 aromatic rings. The van der Waals surface area contributed by atoms with Crippen LogP contribution < -0.4 is 0 Å². The van der Waals surface area contributed by atoms with Crippen LogP contribution in [0.3, 0.4) is 0 Å². The lowest BCUT2D eigenvalue weighted by molar-refractivity contribution is -0.133. The molecule has 0 aromatic carbocycles. The van der Waals surface area contributed by atoms with Crippen molar-refractivity contribution in [3.05, 3.63) is 11.6 Å². The minimum absolute atomic E-state index is 0.194. The highest BCUT2D eigenvalue weighted by atomic mass is 19.1. The average Bonchev–Trinajstić information content (AvgIpc) is 2.24. The molecule has 4 saturated carbocycles. The van der Waals surface area contributed by atoms with Gasteiger partial charge in [0.05, 0.1) is 0 Å². The van der Waals surface area contributed by atoms with Crippen LogP contribution in [0.4, 0.5) is 4.39 Å². The summed E-state index contributed by atoms with van der Waals surface area (Å²) in [4.78, 5) is 10.9. The molecule has 0 aromatic heterocycles. The maximum Gasteiger partial charge on any atom is 0.330 e. The van der Waals surface area contributed by atoms with Crippen LogP contribution in [-0.4, -0.2) is 17.2 Å². The summed E-state index contributed by atoms with van der Waals surface area (Å²) >= 11 is 0. The molecule has 4 rings (SSSR count). The summed E-state index contributed by atoms with van der Waals surface area (Å²) in [5.41, 5.74) is -0.133. The Morgan fingerprint density at radius 2 is 1.88 bits per heavy atom. The van der Waals surface area contributed by atoms with E-state index in [2.05, 4.69) is 0 Å². The topological polar surface area (TPSA) is 37.3 Å². The van der Waals surface area contributed by atoms with Crippen LogP contribution in [0.1, 0.15) is 39.0 Å². The summed E-state index contributed by atoms with van der Waals surface area (Å²) in [6, 6.07) is 0. The van der Waals surface area contributed by atoms with Crippen LogP contribution in [0.25, 0.3) is 0 Å². The average molecular weight is 238 g/mol. The largest absolute Gasteiger partial charge is 0.478 e. The third-order valence-electron chi connectivity index (χ3n) is 5.08. The Hall–Kier alpha value is -0.860. The highest BCUT2D eigenvalue weighted by Gasteiger charge is 2.56. The fourth-order valence-corrected chi connectivity index (χ4v) is 4.73. The number of alkyl halides is 1. The van der Waals surface area contributed by atoms with Gasteiger partial charge >= 0.3 is 5.97 Å². The van der Waals surface area contributed by atoms with Gasteiger partial charge in [-0.25, -0.2) is 9.18 Å². The van der Waals surface area contributed by atoms with Gasteiger partial charge in [-0.05, 0) is 56.8 Å². The van der Waals surface area contributed by atoms with Gasteiger partial charge in [-0.15, -0.1) is 0 Å². The molecule has 4 aliphatic rings. The molecule has 0 heterocycles. The summed E-state index contributed by atoms with van der Waals surface area (Å²) in [5, 5.41) is 8.98. The number of rotatable bonds is 2. The smallest absolute Gasteiger partial charge is 0.330 e. The number of hydrogen-bond donors (Lipinski definition) is 1. The first-order chi connectivity index (χ1) is 8.00. The van der Waals surface area contributed by atoms with E-state index in [1.54, 1.807) is 13.0 Å². The number of aliphatic carboxylic acids is 1. The van der Waals surface area contributed by atoms with Crippen molar-refractivity contribution in [2.45, 2.75) is 45.2 Å². The van der Waals surface area contributed by atoms with Crippen LogP contribution in [0.5, 0.6) is 0 Å². The zero-order chi connectivity index (χ0) is 12.2. The normalized spacial score (nSPS) is 48.5. The van der Waals surface area contributed by atoms with E-state index in [1.807, 2.05) is 0 Å². The van der Waals surface area contributed by atoms with Crippen molar-refractivity contribution in [2.75, 3.05) is 0 Å². The van der Waals surface area contributed by atoms with Crippen molar-refractivity contribution in [3.8, 4) is 0 Å². The van der Waals surface area contributed by atoms with E-state index in [1.165, 1.54) is 6.42 Å². The van der Waals surface area contributed by atoms with Gasteiger partial charge in [-0.3, -0.25) is 0 Å².